The lowest BCUT2D eigenvalue weighted by atomic mass is 10.2. The van der Waals surface area contributed by atoms with Crippen LogP contribution >= 0.6 is 0 Å². The van der Waals surface area contributed by atoms with Gasteiger partial charge in [0.1, 0.15) is 6.07 Å². The van der Waals surface area contributed by atoms with E-state index in [1.807, 2.05) is 0 Å². The molecule has 144 valence electrons. The number of ether oxygens (including phenoxy) is 2. The number of hydrogen-bond donors (Lipinski definition) is 1. The Bertz CT molecular complexity index is 684. The van der Waals surface area contributed by atoms with Crippen LogP contribution in [-0.2, 0) is 0 Å². The summed E-state index contributed by atoms with van der Waals surface area (Å²) >= 11 is 0. The molecule has 0 radical (unpaired) electrons. The Hall–Kier alpha value is -2.71. The van der Waals surface area contributed by atoms with Crippen molar-refractivity contribution in [2.24, 2.45) is 5.10 Å². The molecule has 1 rings (SSSR count). The van der Waals surface area contributed by atoms with Crippen LogP contribution in [0.1, 0.15) is 12.5 Å². The number of nitriles is 1. The highest BCUT2D eigenvalue weighted by Gasteiger charge is 2.73. The molecular formula is C14H12F7N3O2. The van der Waals surface area contributed by atoms with Crippen LogP contribution in [0.5, 0.6) is 11.5 Å². The number of nitrogens with zero attached hydrogens (tertiary/aromatic N) is 2. The molecule has 12 heteroatoms. The zero-order valence-corrected chi connectivity index (χ0v) is 13.1. The largest absolute Gasteiger partial charge is 0.490 e. The van der Waals surface area contributed by atoms with Gasteiger partial charge in [-0.2, -0.15) is 41.1 Å². The summed E-state index contributed by atoms with van der Waals surface area (Å²) < 4.78 is 97.7. The van der Waals surface area contributed by atoms with E-state index in [2.05, 4.69) is 5.10 Å². The first kappa shape index (κ1) is 21.3. The molecule has 0 heterocycles. The number of hydrazone groups is 1. The second-order valence-corrected chi connectivity index (χ2v) is 4.60. The summed E-state index contributed by atoms with van der Waals surface area (Å²) in [6, 6.07) is -0.205. The highest BCUT2D eigenvalue weighted by atomic mass is 19.4. The standard InChI is InChI=1S/C14H12F7N3O2/c1-2-25-11-7-9(3-4-10(11)26-6-5-22)8-23-24-14(20,21)12(15,16)13(17,18)19/h3-4,7-8,24H,2,6H2,1H3/b23-8+. The fourth-order valence-corrected chi connectivity index (χ4v) is 1.54. The van der Waals surface area contributed by atoms with E-state index >= 15 is 0 Å². The van der Waals surface area contributed by atoms with Gasteiger partial charge in [0.2, 0.25) is 0 Å². The van der Waals surface area contributed by atoms with Crippen molar-refractivity contribution >= 4 is 6.21 Å². The molecule has 26 heavy (non-hydrogen) atoms. The minimum absolute atomic E-state index is 0.0383. The molecule has 0 unspecified atom stereocenters. The van der Waals surface area contributed by atoms with Crippen molar-refractivity contribution < 1.29 is 40.2 Å². The van der Waals surface area contributed by atoms with E-state index in [0.717, 1.165) is 0 Å². The molecule has 0 bridgehead atoms. The summed E-state index contributed by atoms with van der Waals surface area (Å²) in [5, 5.41) is 11.2. The molecule has 0 saturated heterocycles. The molecule has 0 aliphatic heterocycles. The van der Waals surface area contributed by atoms with Gasteiger partial charge in [-0.15, -0.1) is 0 Å². The lowest BCUT2D eigenvalue weighted by Crippen LogP contribution is -2.58. The van der Waals surface area contributed by atoms with Crippen LogP contribution in [0.4, 0.5) is 30.7 Å². The average molecular weight is 387 g/mol. The summed E-state index contributed by atoms with van der Waals surface area (Å²) in [5.41, 5.74) is 0.544. The quantitative estimate of drug-likeness (QED) is 0.320. The topological polar surface area (TPSA) is 66.6 Å². The van der Waals surface area contributed by atoms with Crippen LogP contribution < -0.4 is 14.9 Å². The SMILES string of the molecule is CCOc1cc(/C=N/NC(F)(F)C(F)(F)C(F)(F)F)ccc1OCC#N. The lowest BCUT2D eigenvalue weighted by molar-refractivity contribution is -0.361. The van der Waals surface area contributed by atoms with Crippen molar-refractivity contribution in [1.29, 1.82) is 5.26 Å². The molecule has 1 N–H and O–H groups in total. The maximum atomic E-state index is 13.0. The average Bonchev–Trinajstić information content (AvgIpc) is 2.53. The van der Waals surface area contributed by atoms with Gasteiger partial charge < -0.3 is 9.47 Å². The Morgan fingerprint density at radius 3 is 2.31 bits per heavy atom. The summed E-state index contributed by atoms with van der Waals surface area (Å²) in [7, 11) is 0. The van der Waals surface area contributed by atoms with Crippen molar-refractivity contribution in [2.45, 2.75) is 25.1 Å². The van der Waals surface area contributed by atoms with Crippen LogP contribution in [0.25, 0.3) is 0 Å². The highest BCUT2D eigenvalue weighted by Crippen LogP contribution is 2.45. The maximum Gasteiger partial charge on any atom is 0.462 e. The molecule has 0 aliphatic rings. The smallest absolute Gasteiger partial charge is 0.462 e. The zero-order valence-electron chi connectivity index (χ0n) is 13.1. The number of halogens is 7. The van der Waals surface area contributed by atoms with Crippen LogP contribution in [0.2, 0.25) is 0 Å². The van der Waals surface area contributed by atoms with Gasteiger partial charge in [-0.25, -0.2) is 5.43 Å². The van der Waals surface area contributed by atoms with Gasteiger partial charge >= 0.3 is 18.1 Å². The van der Waals surface area contributed by atoms with Crippen molar-refractivity contribution in [3.63, 3.8) is 0 Å². The van der Waals surface area contributed by atoms with Gasteiger partial charge in [0, 0.05) is 0 Å². The maximum absolute atomic E-state index is 13.0. The molecule has 5 nitrogen and oxygen atoms in total. The number of nitrogens with one attached hydrogen (secondary N) is 1. The van der Waals surface area contributed by atoms with Crippen molar-refractivity contribution in [3.05, 3.63) is 23.8 Å². The minimum Gasteiger partial charge on any atom is -0.490 e. The number of rotatable bonds is 8. The summed E-state index contributed by atoms with van der Waals surface area (Å²) in [6.45, 7) is 1.50. The monoisotopic (exact) mass is 387 g/mol. The number of alkyl halides is 7. The molecule has 0 amide bonds. The van der Waals surface area contributed by atoms with Crippen LogP contribution in [0.15, 0.2) is 23.3 Å². The molecule has 0 saturated carbocycles. The van der Waals surface area contributed by atoms with E-state index in [-0.39, 0.29) is 30.3 Å². The van der Waals surface area contributed by atoms with Gasteiger partial charge in [-0.3, -0.25) is 0 Å². The predicted molar refractivity (Wildman–Crippen MR) is 75.4 cm³/mol. The van der Waals surface area contributed by atoms with Gasteiger partial charge in [0.25, 0.3) is 0 Å². The van der Waals surface area contributed by atoms with E-state index < -0.39 is 18.1 Å². The minimum atomic E-state index is -6.46. The van der Waals surface area contributed by atoms with Crippen LogP contribution in [-0.4, -0.2) is 37.6 Å². The van der Waals surface area contributed by atoms with E-state index in [0.29, 0.717) is 11.6 Å². The van der Waals surface area contributed by atoms with Gasteiger partial charge in [-0.1, -0.05) is 0 Å². The summed E-state index contributed by atoms with van der Waals surface area (Å²) in [5.74, 6) is -6.07. The highest BCUT2D eigenvalue weighted by molar-refractivity contribution is 5.80. The first-order valence-corrected chi connectivity index (χ1v) is 6.85. The Balaban J connectivity index is 2.94. The molecule has 0 fully saturated rings. The third-order valence-corrected chi connectivity index (χ3v) is 2.73. The summed E-state index contributed by atoms with van der Waals surface area (Å²) in [4.78, 5) is 0. The van der Waals surface area contributed by atoms with Crippen molar-refractivity contribution in [1.82, 2.24) is 5.43 Å². The number of hydrogen-bond acceptors (Lipinski definition) is 5. The summed E-state index contributed by atoms with van der Waals surface area (Å²) in [6.07, 6.45) is -5.86. The molecule has 1 aromatic carbocycles. The van der Waals surface area contributed by atoms with E-state index in [1.165, 1.54) is 18.2 Å². The van der Waals surface area contributed by atoms with Crippen LogP contribution in [0.3, 0.4) is 0 Å². The fourth-order valence-electron chi connectivity index (χ4n) is 1.54. The third-order valence-electron chi connectivity index (χ3n) is 2.73. The van der Waals surface area contributed by atoms with Crippen molar-refractivity contribution in [2.75, 3.05) is 13.2 Å². The Morgan fingerprint density at radius 1 is 1.12 bits per heavy atom. The molecule has 0 spiro atoms. The molecule has 0 aliphatic carbocycles. The van der Waals surface area contributed by atoms with Gasteiger partial charge in [0.15, 0.2) is 18.1 Å². The van der Waals surface area contributed by atoms with E-state index in [9.17, 15) is 30.7 Å². The third kappa shape index (κ3) is 4.90. The van der Waals surface area contributed by atoms with Gasteiger partial charge in [0.05, 0.1) is 12.8 Å². The first-order chi connectivity index (χ1) is 12.0. The lowest BCUT2D eigenvalue weighted by Gasteiger charge is -2.27. The normalized spacial score (nSPS) is 12.7. The van der Waals surface area contributed by atoms with Crippen LogP contribution in [0, 0.1) is 11.3 Å². The Kier molecular flexibility index (Phi) is 6.66. The van der Waals surface area contributed by atoms with Crippen molar-refractivity contribution in [3.8, 4) is 17.6 Å². The molecule has 1 aromatic rings. The second kappa shape index (κ2) is 8.11. The van der Waals surface area contributed by atoms with E-state index in [1.54, 1.807) is 13.0 Å². The first-order valence-electron chi connectivity index (χ1n) is 6.85. The van der Waals surface area contributed by atoms with Gasteiger partial charge in [-0.05, 0) is 30.7 Å². The Morgan fingerprint density at radius 2 is 1.77 bits per heavy atom. The Labute approximate surface area is 143 Å². The second-order valence-electron chi connectivity index (χ2n) is 4.60. The molecule has 0 atom stereocenters. The molecular weight excluding hydrogens is 375 g/mol. The van der Waals surface area contributed by atoms with E-state index in [4.69, 9.17) is 14.7 Å². The number of benzene rings is 1. The molecule has 0 aromatic heterocycles. The predicted octanol–water partition coefficient (Wildman–Crippen LogP) is 3.70. The zero-order chi connectivity index (χ0) is 20.0. The fraction of sp³-hybridized carbons (Fsp3) is 0.429.